The SMILES string of the molecule is CCCC1CCC(NC)C(Cc2cc(F)cc(Br)c2)C1. The Morgan fingerprint density at radius 2 is 2.10 bits per heavy atom. The molecule has 1 aromatic rings. The van der Waals surface area contributed by atoms with Gasteiger partial charge in [0.15, 0.2) is 0 Å². The van der Waals surface area contributed by atoms with Gasteiger partial charge in [0, 0.05) is 10.5 Å². The van der Waals surface area contributed by atoms with Crippen molar-refractivity contribution in [3.8, 4) is 0 Å². The zero-order chi connectivity index (χ0) is 14.5. The molecule has 0 saturated heterocycles. The minimum atomic E-state index is -0.142. The molecular weight excluding hydrogens is 317 g/mol. The molecule has 3 unspecified atom stereocenters. The van der Waals surface area contributed by atoms with Crippen molar-refractivity contribution < 1.29 is 4.39 Å². The quantitative estimate of drug-likeness (QED) is 0.800. The van der Waals surface area contributed by atoms with Crippen LogP contribution in [0.25, 0.3) is 0 Å². The molecule has 112 valence electrons. The Morgan fingerprint density at radius 3 is 2.75 bits per heavy atom. The molecule has 0 heterocycles. The van der Waals surface area contributed by atoms with E-state index in [1.165, 1.54) is 38.2 Å². The van der Waals surface area contributed by atoms with Crippen molar-refractivity contribution in [2.75, 3.05) is 7.05 Å². The summed E-state index contributed by atoms with van der Waals surface area (Å²) in [6, 6.07) is 5.84. The van der Waals surface area contributed by atoms with Crippen LogP contribution in [0, 0.1) is 17.7 Å². The minimum absolute atomic E-state index is 0.142. The van der Waals surface area contributed by atoms with Crippen LogP contribution in [0.3, 0.4) is 0 Å². The fourth-order valence-corrected chi connectivity index (χ4v) is 4.18. The van der Waals surface area contributed by atoms with Gasteiger partial charge in [-0.25, -0.2) is 4.39 Å². The highest BCUT2D eigenvalue weighted by molar-refractivity contribution is 9.10. The van der Waals surface area contributed by atoms with Crippen LogP contribution in [0.4, 0.5) is 4.39 Å². The molecule has 0 spiro atoms. The lowest BCUT2D eigenvalue weighted by molar-refractivity contribution is 0.200. The summed E-state index contributed by atoms with van der Waals surface area (Å²) in [7, 11) is 2.05. The Hall–Kier alpha value is -0.410. The first-order chi connectivity index (χ1) is 9.62. The summed E-state index contributed by atoms with van der Waals surface area (Å²) in [5, 5.41) is 3.46. The van der Waals surface area contributed by atoms with Crippen LogP contribution in [0.5, 0.6) is 0 Å². The molecule has 1 saturated carbocycles. The molecule has 0 bridgehead atoms. The molecule has 1 N–H and O–H groups in total. The maximum atomic E-state index is 13.5. The smallest absolute Gasteiger partial charge is 0.124 e. The lowest BCUT2D eigenvalue weighted by Crippen LogP contribution is -2.39. The van der Waals surface area contributed by atoms with Crippen LogP contribution in [0.15, 0.2) is 22.7 Å². The molecule has 1 aliphatic carbocycles. The molecule has 1 aliphatic rings. The maximum absolute atomic E-state index is 13.5. The Morgan fingerprint density at radius 1 is 1.30 bits per heavy atom. The normalized spacial score (nSPS) is 26.7. The van der Waals surface area contributed by atoms with Gasteiger partial charge in [0.25, 0.3) is 0 Å². The van der Waals surface area contributed by atoms with E-state index in [0.29, 0.717) is 12.0 Å². The van der Waals surface area contributed by atoms with Crippen LogP contribution in [-0.2, 0) is 6.42 Å². The number of halogens is 2. The van der Waals surface area contributed by atoms with E-state index in [4.69, 9.17) is 0 Å². The predicted octanol–water partition coefficient (Wildman–Crippen LogP) is 4.94. The molecule has 3 heteroatoms. The fraction of sp³-hybridized carbons (Fsp3) is 0.647. The van der Waals surface area contributed by atoms with Crippen molar-refractivity contribution in [1.29, 1.82) is 0 Å². The van der Waals surface area contributed by atoms with Gasteiger partial charge in [-0.1, -0.05) is 35.7 Å². The zero-order valence-corrected chi connectivity index (χ0v) is 14.0. The summed E-state index contributed by atoms with van der Waals surface area (Å²) in [4.78, 5) is 0. The van der Waals surface area contributed by atoms with E-state index in [2.05, 4.69) is 41.3 Å². The summed E-state index contributed by atoms with van der Waals surface area (Å²) in [6.45, 7) is 2.27. The summed E-state index contributed by atoms with van der Waals surface area (Å²) in [5.41, 5.74) is 1.11. The van der Waals surface area contributed by atoms with E-state index >= 15 is 0 Å². The second-order valence-corrected chi connectivity index (χ2v) is 7.02. The van der Waals surface area contributed by atoms with E-state index in [-0.39, 0.29) is 5.82 Å². The Labute approximate surface area is 130 Å². The van der Waals surface area contributed by atoms with E-state index in [0.717, 1.165) is 22.4 Å². The lowest BCUT2D eigenvalue weighted by atomic mass is 9.74. The van der Waals surface area contributed by atoms with E-state index in [1.807, 2.05) is 0 Å². The highest BCUT2D eigenvalue weighted by Crippen LogP contribution is 2.34. The second kappa shape index (κ2) is 7.56. The first-order valence-corrected chi connectivity index (χ1v) is 8.54. The number of rotatable bonds is 5. The molecule has 1 fully saturated rings. The van der Waals surface area contributed by atoms with Crippen LogP contribution < -0.4 is 5.32 Å². The molecule has 20 heavy (non-hydrogen) atoms. The first kappa shape index (κ1) is 16.0. The van der Waals surface area contributed by atoms with E-state index in [1.54, 1.807) is 6.07 Å². The van der Waals surface area contributed by atoms with E-state index < -0.39 is 0 Å². The fourth-order valence-electron chi connectivity index (χ4n) is 3.67. The van der Waals surface area contributed by atoms with Gasteiger partial charge in [0.05, 0.1) is 0 Å². The first-order valence-electron chi connectivity index (χ1n) is 7.74. The van der Waals surface area contributed by atoms with Crippen LogP contribution >= 0.6 is 15.9 Å². The van der Waals surface area contributed by atoms with Gasteiger partial charge in [-0.15, -0.1) is 0 Å². The summed E-state index contributed by atoms with van der Waals surface area (Å²) < 4.78 is 14.4. The topological polar surface area (TPSA) is 12.0 Å². The van der Waals surface area contributed by atoms with E-state index in [9.17, 15) is 4.39 Å². The van der Waals surface area contributed by atoms with Crippen molar-refractivity contribution in [2.45, 2.75) is 51.5 Å². The molecule has 1 aromatic carbocycles. The molecule has 2 rings (SSSR count). The Bertz CT molecular complexity index is 415. The number of hydrogen-bond acceptors (Lipinski definition) is 1. The largest absolute Gasteiger partial charge is 0.317 e. The number of hydrogen-bond donors (Lipinski definition) is 1. The van der Waals surface area contributed by atoms with Gasteiger partial charge in [-0.3, -0.25) is 0 Å². The number of benzene rings is 1. The standard InChI is InChI=1S/C17H25BrFN/c1-3-4-12-5-6-17(20-2)14(7-12)8-13-9-15(18)11-16(19)10-13/h9-12,14,17,20H,3-8H2,1-2H3. The van der Waals surface area contributed by atoms with Gasteiger partial charge in [0.2, 0.25) is 0 Å². The monoisotopic (exact) mass is 341 g/mol. The Balaban J connectivity index is 2.06. The molecule has 0 radical (unpaired) electrons. The lowest BCUT2D eigenvalue weighted by Gasteiger charge is -2.36. The van der Waals surface area contributed by atoms with Crippen LogP contribution in [0.2, 0.25) is 0 Å². The summed E-state index contributed by atoms with van der Waals surface area (Å²) >= 11 is 3.39. The Kier molecular flexibility index (Phi) is 6.03. The molecule has 1 nitrogen and oxygen atoms in total. The molecule has 0 amide bonds. The molecule has 3 atom stereocenters. The van der Waals surface area contributed by atoms with Crippen molar-refractivity contribution in [1.82, 2.24) is 5.32 Å². The molecule has 0 aromatic heterocycles. The molecule has 0 aliphatic heterocycles. The highest BCUT2D eigenvalue weighted by Gasteiger charge is 2.29. The van der Waals surface area contributed by atoms with Crippen molar-refractivity contribution in [2.24, 2.45) is 11.8 Å². The number of nitrogens with one attached hydrogen (secondary N) is 1. The third-order valence-electron chi connectivity index (χ3n) is 4.58. The van der Waals surface area contributed by atoms with Crippen LogP contribution in [-0.4, -0.2) is 13.1 Å². The minimum Gasteiger partial charge on any atom is -0.317 e. The van der Waals surface area contributed by atoms with Gasteiger partial charge >= 0.3 is 0 Å². The van der Waals surface area contributed by atoms with Gasteiger partial charge < -0.3 is 5.32 Å². The second-order valence-electron chi connectivity index (χ2n) is 6.10. The third-order valence-corrected chi connectivity index (χ3v) is 5.04. The van der Waals surface area contributed by atoms with Gasteiger partial charge in [0.1, 0.15) is 5.82 Å². The summed E-state index contributed by atoms with van der Waals surface area (Å²) in [5.74, 6) is 1.34. The average Bonchev–Trinajstić information content (AvgIpc) is 2.38. The van der Waals surface area contributed by atoms with Crippen molar-refractivity contribution in [3.63, 3.8) is 0 Å². The van der Waals surface area contributed by atoms with Crippen LogP contribution in [0.1, 0.15) is 44.6 Å². The highest BCUT2D eigenvalue weighted by atomic mass is 79.9. The average molecular weight is 342 g/mol. The molecular formula is C17H25BrFN. The van der Waals surface area contributed by atoms with Crippen molar-refractivity contribution in [3.05, 3.63) is 34.1 Å². The predicted molar refractivity (Wildman–Crippen MR) is 86.4 cm³/mol. The van der Waals surface area contributed by atoms with Gasteiger partial charge in [-0.2, -0.15) is 0 Å². The third kappa shape index (κ3) is 4.29. The van der Waals surface area contributed by atoms with Gasteiger partial charge in [-0.05, 0) is 68.3 Å². The maximum Gasteiger partial charge on any atom is 0.124 e. The summed E-state index contributed by atoms with van der Waals surface area (Å²) in [6.07, 6.45) is 7.44. The zero-order valence-electron chi connectivity index (χ0n) is 12.5. The van der Waals surface area contributed by atoms with Crippen molar-refractivity contribution >= 4 is 15.9 Å².